The molecule has 0 spiro atoms. The van der Waals surface area contributed by atoms with Gasteiger partial charge in [0.05, 0.1) is 20.3 Å². The first kappa shape index (κ1) is 17.0. The van der Waals surface area contributed by atoms with E-state index in [1.807, 2.05) is 0 Å². The third kappa shape index (κ3) is 4.04. The number of hydrogen-bond acceptors (Lipinski definition) is 6. The summed E-state index contributed by atoms with van der Waals surface area (Å²) >= 11 is 0. The summed E-state index contributed by atoms with van der Waals surface area (Å²) in [4.78, 5) is 10.7. The van der Waals surface area contributed by atoms with Crippen LogP contribution in [0.5, 0.6) is 11.8 Å². The van der Waals surface area contributed by atoms with E-state index in [1.165, 1.54) is 0 Å². The predicted octanol–water partition coefficient (Wildman–Crippen LogP) is 0.747. The summed E-state index contributed by atoms with van der Waals surface area (Å²) in [6.07, 6.45) is 0. The van der Waals surface area contributed by atoms with Crippen molar-refractivity contribution in [2.24, 2.45) is 0 Å². The molecule has 1 aliphatic heterocycles. The fourth-order valence-electron chi connectivity index (χ4n) is 1.61. The molecule has 0 saturated carbocycles. The van der Waals surface area contributed by atoms with Gasteiger partial charge in [-0.3, -0.25) is 0 Å². The molecule has 1 fully saturated rings. The lowest BCUT2D eigenvalue weighted by Crippen LogP contribution is -2.44. The van der Waals surface area contributed by atoms with Crippen molar-refractivity contribution in [2.45, 2.75) is 0 Å². The Hall–Kier alpha value is -0.980. The van der Waals surface area contributed by atoms with Crippen LogP contribution in [-0.4, -0.2) is 50.4 Å². The monoisotopic (exact) mass is 296 g/mol. The van der Waals surface area contributed by atoms with Crippen LogP contribution in [0.4, 0.5) is 5.95 Å². The number of hydrogen-bond donors (Lipinski definition) is 1. The molecule has 0 bridgehead atoms. The smallest absolute Gasteiger partial charge is 0.232 e. The minimum Gasteiger partial charge on any atom is -0.481 e. The van der Waals surface area contributed by atoms with Gasteiger partial charge in [-0.1, -0.05) is 0 Å². The van der Waals surface area contributed by atoms with Crippen LogP contribution >= 0.6 is 24.8 Å². The van der Waals surface area contributed by atoms with E-state index in [9.17, 15) is 0 Å². The van der Waals surface area contributed by atoms with Gasteiger partial charge in [-0.15, -0.1) is 24.8 Å². The topological polar surface area (TPSA) is 59.5 Å². The first-order valence-electron chi connectivity index (χ1n) is 5.26. The highest BCUT2D eigenvalue weighted by Crippen LogP contribution is 2.20. The lowest BCUT2D eigenvalue weighted by molar-refractivity contribution is 0.371. The van der Waals surface area contributed by atoms with Crippen LogP contribution in [0, 0.1) is 0 Å². The second-order valence-electron chi connectivity index (χ2n) is 3.49. The van der Waals surface area contributed by atoms with Crippen LogP contribution in [0.3, 0.4) is 0 Å². The first-order valence-corrected chi connectivity index (χ1v) is 5.26. The maximum atomic E-state index is 5.11. The van der Waals surface area contributed by atoms with Crippen LogP contribution in [0.2, 0.25) is 0 Å². The molecule has 2 rings (SSSR count). The van der Waals surface area contributed by atoms with E-state index in [-0.39, 0.29) is 24.8 Å². The molecule has 6 nitrogen and oxygen atoms in total. The third-order valence-corrected chi connectivity index (χ3v) is 2.49. The number of halogens is 2. The molecule has 0 aliphatic carbocycles. The average molecular weight is 297 g/mol. The number of piperazine rings is 1. The van der Waals surface area contributed by atoms with Gasteiger partial charge in [-0.05, 0) is 0 Å². The van der Waals surface area contributed by atoms with Crippen LogP contribution in [0.1, 0.15) is 0 Å². The summed E-state index contributed by atoms with van der Waals surface area (Å²) in [6, 6.07) is 1.67. The summed E-state index contributed by atoms with van der Waals surface area (Å²) in [5.74, 6) is 1.72. The summed E-state index contributed by atoms with van der Waals surface area (Å²) in [6.45, 7) is 3.69. The molecule has 104 valence electrons. The Balaban J connectivity index is 0.00000144. The Labute approximate surface area is 119 Å². The lowest BCUT2D eigenvalue weighted by Gasteiger charge is -2.27. The second kappa shape index (κ2) is 8.18. The van der Waals surface area contributed by atoms with Crippen LogP contribution in [0.15, 0.2) is 6.07 Å². The minimum atomic E-state index is 0. The van der Waals surface area contributed by atoms with Gasteiger partial charge in [-0.25, -0.2) is 0 Å². The largest absolute Gasteiger partial charge is 0.481 e. The van der Waals surface area contributed by atoms with E-state index in [4.69, 9.17) is 9.47 Å². The molecule has 1 aromatic heterocycles. The number of rotatable bonds is 3. The number of anilines is 1. The lowest BCUT2D eigenvalue weighted by atomic mass is 10.4. The van der Waals surface area contributed by atoms with Gasteiger partial charge < -0.3 is 19.7 Å². The van der Waals surface area contributed by atoms with Gasteiger partial charge in [0.2, 0.25) is 17.7 Å². The Morgan fingerprint density at radius 1 is 1.06 bits per heavy atom. The van der Waals surface area contributed by atoms with E-state index in [0.717, 1.165) is 26.2 Å². The van der Waals surface area contributed by atoms with Crippen molar-refractivity contribution in [3.63, 3.8) is 0 Å². The number of aromatic nitrogens is 2. The number of nitrogens with one attached hydrogen (secondary N) is 1. The Morgan fingerprint density at radius 3 is 2.00 bits per heavy atom. The minimum absolute atomic E-state index is 0. The molecule has 1 aromatic rings. The molecular weight excluding hydrogens is 279 g/mol. The molecule has 1 aliphatic rings. The standard InChI is InChI=1S/C10H16N4O2.2ClH/c1-15-8-7-9(16-2)13-10(12-8)14-5-3-11-4-6-14;;/h7,11H,3-6H2,1-2H3;2*1H. The predicted molar refractivity (Wildman–Crippen MR) is 74.7 cm³/mol. The molecule has 0 amide bonds. The fourth-order valence-corrected chi connectivity index (χ4v) is 1.61. The molecule has 1 N–H and O–H groups in total. The first-order chi connectivity index (χ1) is 7.83. The third-order valence-electron chi connectivity index (χ3n) is 2.49. The van der Waals surface area contributed by atoms with Gasteiger partial charge in [0.1, 0.15) is 0 Å². The molecule has 0 aromatic carbocycles. The highest BCUT2D eigenvalue weighted by Gasteiger charge is 2.15. The van der Waals surface area contributed by atoms with Crippen LogP contribution in [0.25, 0.3) is 0 Å². The number of ether oxygens (including phenoxy) is 2. The van der Waals surface area contributed by atoms with Gasteiger partial charge in [0.25, 0.3) is 0 Å². The Morgan fingerprint density at radius 2 is 1.56 bits per heavy atom. The van der Waals surface area contributed by atoms with Gasteiger partial charge in [0, 0.05) is 26.2 Å². The molecule has 1 saturated heterocycles. The fraction of sp³-hybridized carbons (Fsp3) is 0.600. The Bertz CT molecular complexity index is 339. The molecule has 18 heavy (non-hydrogen) atoms. The van der Waals surface area contributed by atoms with Crippen molar-refractivity contribution >= 4 is 30.8 Å². The van der Waals surface area contributed by atoms with Crippen molar-refractivity contribution in [1.82, 2.24) is 15.3 Å². The zero-order valence-electron chi connectivity index (χ0n) is 10.4. The summed E-state index contributed by atoms with van der Waals surface area (Å²) in [5, 5.41) is 3.28. The van der Waals surface area contributed by atoms with E-state index >= 15 is 0 Å². The average Bonchev–Trinajstić information content (AvgIpc) is 2.39. The van der Waals surface area contributed by atoms with E-state index in [1.54, 1.807) is 20.3 Å². The van der Waals surface area contributed by atoms with Crippen molar-refractivity contribution < 1.29 is 9.47 Å². The maximum absolute atomic E-state index is 5.11. The van der Waals surface area contributed by atoms with Crippen molar-refractivity contribution in [2.75, 3.05) is 45.3 Å². The second-order valence-corrected chi connectivity index (χ2v) is 3.49. The van der Waals surface area contributed by atoms with Crippen LogP contribution < -0.4 is 19.7 Å². The SMILES string of the molecule is COc1cc(OC)nc(N2CCNCC2)n1.Cl.Cl. The van der Waals surface area contributed by atoms with Gasteiger partial charge in [-0.2, -0.15) is 9.97 Å². The van der Waals surface area contributed by atoms with Gasteiger partial charge in [0.15, 0.2) is 0 Å². The van der Waals surface area contributed by atoms with Crippen molar-refractivity contribution in [3.05, 3.63) is 6.07 Å². The van der Waals surface area contributed by atoms with E-state index in [2.05, 4.69) is 20.2 Å². The highest BCUT2D eigenvalue weighted by atomic mass is 35.5. The highest BCUT2D eigenvalue weighted by molar-refractivity contribution is 5.85. The molecule has 8 heteroatoms. The normalized spacial score (nSPS) is 14.2. The summed E-state index contributed by atoms with van der Waals surface area (Å²) in [5.41, 5.74) is 0. The number of nitrogens with zero attached hydrogens (tertiary/aromatic N) is 3. The number of methoxy groups -OCH3 is 2. The summed E-state index contributed by atoms with van der Waals surface area (Å²) < 4.78 is 10.2. The molecular formula is C10H18Cl2N4O2. The van der Waals surface area contributed by atoms with E-state index in [0.29, 0.717) is 17.7 Å². The molecule has 2 heterocycles. The van der Waals surface area contributed by atoms with E-state index < -0.39 is 0 Å². The van der Waals surface area contributed by atoms with Crippen LogP contribution in [-0.2, 0) is 0 Å². The zero-order chi connectivity index (χ0) is 11.4. The van der Waals surface area contributed by atoms with Crippen molar-refractivity contribution in [1.29, 1.82) is 0 Å². The molecule has 0 unspecified atom stereocenters. The van der Waals surface area contributed by atoms with Gasteiger partial charge >= 0.3 is 0 Å². The maximum Gasteiger partial charge on any atom is 0.232 e. The quantitative estimate of drug-likeness (QED) is 0.888. The Kier molecular flexibility index (Phi) is 7.73. The molecule has 0 radical (unpaired) electrons. The zero-order valence-corrected chi connectivity index (χ0v) is 12.0. The molecule has 0 atom stereocenters. The summed E-state index contributed by atoms with van der Waals surface area (Å²) in [7, 11) is 3.17. The van der Waals surface area contributed by atoms with Crippen molar-refractivity contribution in [3.8, 4) is 11.8 Å².